The third-order valence-electron chi connectivity index (χ3n) is 4.61. The van der Waals surface area contributed by atoms with E-state index >= 15 is 0 Å². The number of primary sulfonamides is 1. The fourth-order valence-corrected chi connectivity index (χ4v) is 3.93. The molecule has 3 heterocycles. The molecule has 7 nitrogen and oxygen atoms in total. The summed E-state index contributed by atoms with van der Waals surface area (Å²) in [6.07, 6.45) is 2.36. The molecule has 0 amide bonds. The Labute approximate surface area is 161 Å². The predicted octanol–water partition coefficient (Wildman–Crippen LogP) is 2.69. The van der Waals surface area contributed by atoms with Crippen molar-refractivity contribution >= 4 is 32.1 Å². The summed E-state index contributed by atoms with van der Waals surface area (Å²) in [5.74, 6) is -0.0490. The van der Waals surface area contributed by atoms with Crippen LogP contribution in [0.4, 0.5) is 4.39 Å². The van der Waals surface area contributed by atoms with E-state index in [-0.39, 0.29) is 0 Å². The molecule has 0 spiro atoms. The van der Waals surface area contributed by atoms with Gasteiger partial charge in [-0.05, 0) is 36.8 Å². The van der Waals surface area contributed by atoms with Crippen molar-refractivity contribution in [2.24, 2.45) is 5.14 Å². The van der Waals surface area contributed by atoms with Crippen LogP contribution in [0, 0.1) is 12.7 Å². The summed E-state index contributed by atoms with van der Waals surface area (Å²) < 4.78 is 39.1. The molecule has 0 aliphatic heterocycles. The summed E-state index contributed by atoms with van der Waals surface area (Å²) in [6.45, 7) is 4.21. The monoisotopic (exact) mass is 399 g/mol. The van der Waals surface area contributed by atoms with Crippen LogP contribution in [0.5, 0.6) is 0 Å². The molecule has 28 heavy (non-hydrogen) atoms. The third kappa shape index (κ3) is 3.12. The largest absolute Gasteiger partial charge is 0.323 e. The Hall–Kier alpha value is -2.91. The molecule has 4 rings (SSSR count). The van der Waals surface area contributed by atoms with Gasteiger partial charge in [0.05, 0.1) is 11.7 Å². The SMILES string of the molecule is CCc1nc2cnc3nc(C)ccc3c2n1Cc1ccc(S(N)(=O)=O)c(F)c1. The number of fused-ring (bicyclic) bond motifs is 3. The minimum atomic E-state index is -4.10. The number of aryl methyl sites for hydroxylation is 2. The number of sulfonamides is 1. The Morgan fingerprint density at radius 1 is 1.18 bits per heavy atom. The summed E-state index contributed by atoms with van der Waals surface area (Å²) in [5, 5.41) is 5.90. The number of hydrogen-bond acceptors (Lipinski definition) is 5. The van der Waals surface area contributed by atoms with E-state index in [1.54, 1.807) is 12.3 Å². The third-order valence-corrected chi connectivity index (χ3v) is 5.56. The van der Waals surface area contributed by atoms with Crippen LogP contribution < -0.4 is 5.14 Å². The molecule has 0 atom stereocenters. The number of pyridine rings is 2. The summed E-state index contributed by atoms with van der Waals surface area (Å²) in [6, 6.07) is 7.80. The van der Waals surface area contributed by atoms with Gasteiger partial charge in [0.15, 0.2) is 5.65 Å². The predicted molar refractivity (Wildman–Crippen MR) is 104 cm³/mol. The number of imidazole rings is 1. The zero-order chi connectivity index (χ0) is 20.1. The van der Waals surface area contributed by atoms with E-state index < -0.39 is 20.7 Å². The van der Waals surface area contributed by atoms with Crippen molar-refractivity contribution in [2.45, 2.75) is 31.7 Å². The number of nitrogens with two attached hydrogens (primary N) is 1. The lowest BCUT2D eigenvalue weighted by atomic mass is 10.2. The van der Waals surface area contributed by atoms with Crippen molar-refractivity contribution in [2.75, 3.05) is 0 Å². The molecule has 2 N–H and O–H groups in total. The van der Waals surface area contributed by atoms with Crippen LogP contribution >= 0.6 is 0 Å². The van der Waals surface area contributed by atoms with Crippen LogP contribution in [0.25, 0.3) is 22.1 Å². The van der Waals surface area contributed by atoms with E-state index in [4.69, 9.17) is 5.14 Å². The molecule has 0 unspecified atom stereocenters. The molecule has 4 aromatic rings. The van der Waals surface area contributed by atoms with E-state index in [1.807, 2.05) is 30.5 Å². The lowest BCUT2D eigenvalue weighted by Crippen LogP contribution is -2.14. The molecule has 1 aromatic carbocycles. The van der Waals surface area contributed by atoms with Gasteiger partial charge in [-0.2, -0.15) is 0 Å². The molecule has 0 bridgehead atoms. The van der Waals surface area contributed by atoms with Crippen molar-refractivity contribution in [1.29, 1.82) is 0 Å². The van der Waals surface area contributed by atoms with Gasteiger partial charge < -0.3 is 4.57 Å². The Balaban J connectivity index is 1.89. The second-order valence-corrected chi connectivity index (χ2v) is 8.12. The molecule has 3 aromatic heterocycles. The van der Waals surface area contributed by atoms with E-state index in [1.165, 1.54) is 12.1 Å². The maximum atomic E-state index is 14.3. The topological polar surface area (TPSA) is 104 Å². The van der Waals surface area contributed by atoms with Crippen LogP contribution in [0.2, 0.25) is 0 Å². The van der Waals surface area contributed by atoms with Crippen molar-refractivity contribution in [1.82, 2.24) is 19.5 Å². The standard InChI is InChI=1S/C19H18FN5O2S/c1-3-17-24-15-9-22-19-13(6-4-11(2)23-19)18(15)25(17)10-12-5-7-16(14(20)8-12)28(21,26)27/h4-9H,3,10H2,1-2H3,(H2,21,26,27). The van der Waals surface area contributed by atoms with Crippen LogP contribution in [0.15, 0.2) is 41.4 Å². The fourth-order valence-electron chi connectivity index (χ4n) is 3.34. The van der Waals surface area contributed by atoms with E-state index in [0.717, 1.165) is 27.9 Å². The summed E-state index contributed by atoms with van der Waals surface area (Å²) >= 11 is 0. The van der Waals surface area contributed by atoms with E-state index in [9.17, 15) is 12.8 Å². The van der Waals surface area contributed by atoms with Gasteiger partial charge in [-0.25, -0.2) is 32.9 Å². The molecule has 0 aliphatic carbocycles. The molecule has 0 aliphatic rings. The van der Waals surface area contributed by atoms with Gasteiger partial charge >= 0.3 is 0 Å². The highest BCUT2D eigenvalue weighted by atomic mass is 32.2. The van der Waals surface area contributed by atoms with Gasteiger partial charge in [0, 0.05) is 24.0 Å². The molecule has 0 saturated carbocycles. The molecular formula is C19H18FN5O2S. The molecule has 0 fully saturated rings. The van der Waals surface area contributed by atoms with Crippen molar-refractivity contribution in [3.63, 3.8) is 0 Å². The molecule has 9 heteroatoms. The number of rotatable bonds is 4. The quantitative estimate of drug-likeness (QED) is 0.568. The molecule has 144 valence electrons. The maximum absolute atomic E-state index is 14.3. The van der Waals surface area contributed by atoms with Gasteiger partial charge in [0.25, 0.3) is 0 Å². The average Bonchev–Trinajstić information content (AvgIpc) is 2.98. The van der Waals surface area contributed by atoms with Gasteiger partial charge in [-0.1, -0.05) is 13.0 Å². The van der Waals surface area contributed by atoms with Crippen molar-refractivity contribution in [3.8, 4) is 0 Å². The van der Waals surface area contributed by atoms with Gasteiger partial charge in [0.1, 0.15) is 22.1 Å². The normalized spacial score (nSPS) is 12.1. The minimum absolute atomic E-state index is 0.328. The Morgan fingerprint density at radius 2 is 1.96 bits per heavy atom. The zero-order valence-electron chi connectivity index (χ0n) is 15.3. The van der Waals surface area contributed by atoms with E-state index in [2.05, 4.69) is 15.0 Å². The minimum Gasteiger partial charge on any atom is -0.323 e. The van der Waals surface area contributed by atoms with E-state index in [0.29, 0.717) is 24.2 Å². The number of hydrogen-bond donors (Lipinski definition) is 1. The first-order valence-electron chi connectivity index (χ1n) is 8.70. The fraction of sp³-hybridized carbons (Fsp3) is 0.211. The number of aromatic nitrogens is 4. The van der Waals surface area contributed by atoms with Crippen LogP contribution in [-0.2, 0) is 23.0 Å². The first-order valence-corrected chi connectivity index (χ1v) is 10.2. The highest BCUT2D eigenvalue weighted by Gasteiger charge is 2.17. The van der Waals surface area contributed by atoms with Crippen LogP contribution in [0.3, 0.4) is 0 Å². The highest BCUT2D eigenvalue weighted by Crippen LogP contribution is 2.26. The summed E-state index contributed by atoms with van der Waals surface area (Å²) in [5.41, 5.74) is 3.68. The first kappa shape index (κ1) is 18.5. The Morgan fingerprint density at radius 3 is 2.64 bits per heavy atom. The van der Waals surface area contributed by atoms with Crippen molar-refractivity contribution in [3.05, 3.63) is 59.4 Å². The van der Waals surface area contributed by atoms with Gasteiger partial charge in [-0.3, -0.25) is 0 Å². The average molecular weight is 399 g/mol. The van der Waals surface area contributed by atoms with Gasteiger partial charge in [-0.15, -0.1) is 0 Å². The van der Waals surface area contributed by atoms with Crippen LogP contribution in [0.1, 0.15) is 24.0 Å². The van der Waals surface area contributed by atoms with Crippen LogP contribution in [-0.4, -0.2) is 27.9 Å². The van der Waals surface area contributed by atoms with Gasteiger partial charge in [0.2, 0.25) is 10.0 Å². The molecule has 0 radical (unpaired) electrons. The Bertz CT molecular complexity index is 1330. The smallest absolute Gasteiger partial charge is 0.240 e. The first-order chi connectivity index (χ1) is 13.3. The number of benzene rings is 1. The molecule has 0 saturated heterocycles. The number of halogens is 1. The molecular weight excluding hydrogens is 381 g/mol. The lowest BCUT2D eigenvalue weighted by molar-refractivity contribution is 0.566. The summed E-state index contributed by atoms with van der Waals surface area (Å²) in [4.78, 5) is 13.0. The Kier molecular flexibility index (Phi) is 4.35. The van der Waals surface area contributed by atoms with Crippen molar-refractivity contribution < 1.29 is 12.8 Å². The maximum Gasteiger partial charge on any atom is 0.240 e. The zero-order valence-corrected chi connectivity index (χ0v) is 16.2. The lowest BCUT2D eigenvalue weighted by Gasteiger charge is -2.11. The second kappa shape index (κ2) is 6.61. The number of nitrogens with zero attached hydrogens (tertiary/aromatic N) is 4. The highest BCUT2D eigenvalue weighted by molar-refractivity contribution is 7.89. The second-order valence-electron chi connectivity index (χ2n) is 6.59. The summed E-state index contributed by atoms with van der Waals surface area (Å²) in [7, 11) is -4.10.